The fourth-order valence-corrected chi connectivity index (χ4v) is 2.64. The van der Waals surface area contributed by atoms with Crippen molar-refractivity contribution in [1.82, 2.24) is 24.9 Å². The van der Waals surface area contributed by atoms with Gasteiger partial charge in [-0.1, -0.05) is 6.07 Å². The summed E-state index contributed by atoms with van der Waals surface area (Å²) in [6.45, 7) is 3.13. The van der Waals surface area contributed by atoms with Crippen LogP contribution in [0, 0.1) is 12.7 Å². The lowest BCUT2D eigenvalue weighted by Crippen LogP contribution is -2.25. The van der Waals surface area contributed by atoms with Crippen molar-refractivity contribution < 1.29 is 9.18 Å². The van der Waals surface area contributed by atoms with Gasteiger partial charge in [0.1, 0.15) is 16.9 Å². The second kappa shape index (κ2) is 6.20. The fourth-order valence-electron chi connectivity index (χ4n) is 2.64. The molecule has 1 aromatic carbocycles. The van der Waals surface area contributed by atoms with E-state index < -0.39 is 5.82 Å². The highest BCUT2D eigenvalue weighted by Gasteiger charge is 2.11. The molecule has 3 aromatic rings. The van der Waals surface area contributed by atoms with Gasteiger partial charge in [-0.2, -0.15) is 10.2 Å². The van der Waals surface area contributed by atoms with Crippen molar-refractivity contribution in [3.05, 3.63) is 47.5 Å². The molecule has 6 nitrogen and oxygen atoms in total. The number of nitrogens with one attached hydrogen (secondary N) is 1. The first kappa shape index (κ1) is 15.2. The zero-order valence-electron chi connectivity index (χ0n) is 13.1. The molecule has 2 heterocycles. The number of carbonyl (C=O) groups is 1. The summed E-state index contributed by atoms with van der Waals surface area (Å²) >= 11 is 0. The molecule has 0 bridgehead atoms. The Bertz CT molecular complexity index is 851. The minimum Gasteiger partial charge on any atom is -0.352 e. The Morgan fingerprint density at radius 1 is 1.39 bits per heavy atom. The first-order valence-corrected chi connectivity index (χ1v) is 7.45. The number of aromatic nitrogens is 4. The van der Waals surface area contributed by atoms with Crippen LogP contribution in [0.3, 0.4) is 0 Å². The molecule has 3 rings (SSSR count). The molecule has 23 heavy (non-hydrogen) atoms. The Morgan fingerprint density at radius 2 is 2.22 bits per heavy atom. The van der Waals surface area contributed by atoms with E-state index in [1.54, 1.807) is 16.9 Å². The lowest BCUT2D eigenvalue weighted by molar-refractivity contribution is 0.0952. The Labute approximate surface area is 132 Å². The van der Waals surface area contributed by atoms with Crippen LogP contribution in [0.5, 0.6) is 0 Å². The molecule has 2 aromatic heterocycles. The number of benzene rings is 1. The van der Waals surface area contributed by atoms with E-state index in [0.717, 1.165) is 23.1 Å². The molecule has 0 fully saturated rings. The second-order valence-electron chi connectivity index (χ2n) is 5.43. The number of nitrogens with zero attached hydrogens (tertiary/aromatic N) is 4. The summed E-state index contributed by atoms with van der Waals surface area (Å²) in [5.41, 5.74) is 3.27. The van der Waals surface area contributed by atoms with Gasteiger partial charge < -0.3 is 5.32 Å². The van der Waals surface area contributed by atoms with E-state index in [2.05, 4.69) is 15.5 Å². The predicted molar refractivity (Wildman–Crippen MR) is 84.6 cm³/mol. The lowest BCUT2D eigenvalue weighted by Gasteiger charge is -2.06. The molecular weight excluding hydrogens is 297 g/mol. The van der Waals surface area contributed by atoms with E-state index >= 15 is 0 Å². The third-order valence-corrected chi connectivity index (χ3v) is 3.73. The summed E-state index contributed by atoms with van der Waals surface area (Å²) in [4.78, 5) is 11.9. The summed E-state index contributed by atoms with van der Waals surface area (Å²) < 4.78 is 16.8. The Kier molecular flexibility index (Phi) is 4.10. The summed E-state index contributed by atoms with van der Waals surface area (Å²) in [5, 5.41) is 11.5. The van der Waals surface area contributed by atoms with E-state index in [1.807, 2.05) is 18.7 Å². The van der Waals surface area contributed by atoms with E-state index in [1.165, 1.54) is 18.2 Å². The average Bonchev–Trinajstić information content (AvgIpc) is 3.06. The van der Waals surface area contributed by atoms with Crippen molar-refractivity contribution in [3.63, 3.8) is 0 Å². The number of hydrogen-bond acceptors (Lipinski definition) is 3. The highest BCUT2D eigenvalue weighted by atomic mass is 19.1. The second-order valence-corrected chi connectivity index (χ2v) is 5.43. The minimum absolute atomic E-state index is 0.271. The molecule has 0 saturated carbocycles. The van der Waals surface area contributed by atoms with Gasteiger partial charge >= 0.3 is 0 Å². The summed E-state index contributed by atoms with van der Waals surface area (Å²) in [6.07, 6.45) is 2.52. The van der Waals surface area contributed by atoms with Crippen LogP contribution in [0.2, 0.25) is 0 Å². The van der Waals surface area contributed by atoms with Gasteiger partial charge in [0.05, 0.1) is 11.9 Å². The third-order valence-electron chi connectivity index (χ3n) is 3.73. The van der Waals surface area contributed by atoms with Crippen LogP contribution in [0.4, 0.5) is 4.39 Å². The highest BCUT2D eigenvalue weighted by molar-refractivity contribution is 5.94. The molecule has 0 radical (unpaired) electrons. The maximum atomic E-state index is 13.1. The van der Waals surface area contributed by atoms with Crippen molar-refractivity contribution in [1.29, 1.82) is 0 Å². The average molecular weight is 315 g/mol. The van der Waals surface area contributed by atoms with E-state index in [9.17, 15) is 9.18 Å². The summed E-state index contributed by atoms with van der Waals surface area (Å²) in [7, 11) is 1.89. The molecule has 0 spiro atoms. The van der Waals surface area contributed by atoms with Gasteiger partial charge in [0.2, 0.25) is 0 Å². The number of rotatable bonds is 5. The SMILES string of the molecule is Cc1nn(C)c2cnn(CCCNC(=O)c3cccc(F)c3)c12. The molecular formula is C16H18FN5O. The van der Waals surface area contributed by atoms with Crippen molar-refractivity contribution in [2.75, 3.05) is 6.54 Å². The first-order chi connectivity index (χ1) is 11.1. The van der Waals surface area contributed by atoms with Crippen molar-refractivity contribution in [2.24, 2.45) is 7.05 Å². The molecule has 0 aliphatic carbocycles. The number of carbonyl (C=O) groups excluding carboxylic acids is 1. The zero-order valence-corrected chi connectivity index (χ0v) is 13.1. The molecule has 0 aliphatic heterocycles. The summed E-state index contributed by atoms with van der Waals surface area (Å²) in [6, 6.07) is 5.66. The van der Waals surface area contributed by atoms with Crippen LogP contribution in [0.15, 0.2) is 30.5 Å². The molecule has 1 amide bonds. The Hall–Kier alpha value is -2.70. The fraction of sp³-hybridized carbons (Fsp3) is 0.312. The lowest BCUT2D eigenvalue weighted by atomic mass is 10.2. The maximum absolute atomic E-state index is 13.1. The van der Waals surface area contributed by atoms with Crippen LogP contribution in [0.1, 0.15) is 22.5 Å². The first-order valence-electron chi connectivity index (χ1n) is 7.45. The normalized spacial score (nSPS) is 11.1. The van der Waals surface area contributed by atoms with Gasteiger partial charge in [-0.15, -0.1) is 0 Å². The number of hydrogen-bond donors (Lipinski definition) is 1. The minimum atomic E-state index is -0.413. The molecule has 120 valence electrons. The van der Waals surface area contributed by atoms with Crippen LogP contribution in [-0.4, -0.2) is 32.0 Å². The smallest absolute Gasteiger partial charge is 0.251 e. The van der Waals surface area contributed by atoms with Gasteiger partial charge in [-0.25, -0.2) is 4.39 Å². The van der Waals surface area contributed by atoms with Gasteiger partial charge in [0, 0.05) is 25.7 Å². The van der Waals surface area contributed by atoms with E-state index in [-0.39, 0.29) is 5.91 Å². The standard InChI is InChI=1S/C16H18FN5O/c1-11-15-14(21(2)20-11)10-19-22(15)8-4-7-18-16(23)12-5-3-6-13(17)9-12/h3,5-6,9-10H,4,7-8H2,1-2H3,(H,18,23). The van der Waals surface area contributed by atoms with Crippen molar-refractivity contribution >= 4 is 16.9 Å². The van der Waals surface area contributed by atoms with Crippen molar-refractivity contribution in [2.45, 2.75) is 19.9 Å². The molecule has 0 atom stereocenters. The van der Waals surface area contributed by atoms with Gasteiger partial charge in [0.25, 0.3) is 5.91 Å². The van der Waals surface area contributed by atoms with Crippen LogP contribution in [-0.2, 0) is 13.6 Å². The van der Waals surface area contributed by atoms with Crippen LogP contribution in [0.25, 0.3) is 11.0 Å². The van der Waals surface area contributed by atoms with Gasteiger partial charge in [-0.3, -0.25) is 14.2 Å². The number of halogens is 1. The maximum Gasteiger partial charge on any atom is 0.251 e. The summed E-state index contributed by atoms with van der Waals surface area (Å²) in [5.74, 6) is -0.684. The largest absolute Gasteiger partial charge is 0.352 e. The topological polar surface area (TPSA) is 64.7 Å². The monoisotopic (exact) mass is 315 g/mol. The quantitative estimate of drug-likeness (QED) is 0.733. The Balaban J connectivity index is 1.56. The van der Waals surface area contributed by atoms with E-state index in [0.29, 0.717) is 18.7 Å². The van der Waals surface area contributed by atoms with Gasteiger partial charge in [-0.05, 0) is 31.5 Å². The molecule has 0 unspecified atom stereocenters. The molecule has 0 saturated heterocycles. The number of amides is 1. The molecule has 0 aliphatic rings. The molecule has 1 N–H and O–H groups in total. The van der Waals surface area contributed by atoms with Gasteiger partial charge in [0.15, 0.2) is 0 Å². The highest BCUT2D eigenvalue weighted by Crippen LogP contribution is 2.16. The predicted octanol–water partition coefficient (Wildman–Crippen LogP) is 2.04. The van der Waals surface area contributed by atoms with E-state index in [4.69, 9.17) is 0 Å². The Morgan fingerprint density at radius 3 is 3.00 bits per heavy atom. The molecule has 7 heteroatoms. The van der Waals surface area contributed by atoms with Crippen LogP contribution >= 0.6 is 0 Å². The van der Waals surface area contributed by atoms with Crippen LogP contribution < -0.4 is 5.32 Å². The zero-order chi connectivity index (χ0) is 16.4. The number of fused-ring (bicyclic) bond motifs is 1. The van der Waals surface area contributed by atoms with Crippen molar-refractivity contribution in [3.8, 4) is 0 Å². The number of aryl methyl sites for hydroxylation is 3. The third kappa shape index (κ3) is 3.08.